The number of amides is 2. The van der Waals surface area contributed by atoms with Crippen LogP contribution in [-0.2, 0) is 13.0 Å². The first-order valence-corrected chi connectivity index (χ1v) is 9.23. The summed E-state index contributed by atoms with van der Waals surface area (Å²) in [5.74, 6) is -0.299. The second kappa shape index (κ2) is 7.27. The van der Waals surface area contributed by atoms with Gasteiger partial charge in [-0.05, 0) is 53.9 Å². The van der Waals surface area contributed by atoms with Gasteiger partial charge in [-0.25, -0.2) is 9.18 Å². The Kier molecular flexibility index (Phi) is 4.67. The second-order valence-corrected chi connectivity index (χ2v) is 6.76. The van der Waals surface area contributed by atoms with Crippen LogP contribution in [0.15, 0.2) is 66.9 Å². The number of urea groups is 1. The summed E-state index contributed by atoms with van der Waals surface area (Å²) in [6.07, 6.45) is 2.91. The molecule has 138 valence electrons. The van der Waals surface area contributed by atoms with Crippen molar-refractivity contribution < 1.29 is 9.18 Å². The lowest BCUT2D eigenvalue weighted by molar-refractivity contribution is 0.181. The molecule has 3 aromatic rings. The van der Waals surface area contributed by atoms with Gasteiger partial charge in [0.25, 0.3) is 0 Å². The third-order valence-corrected chi connectivity index (χ3v) is 5.05. The molecule has 1 aliphatic heterocycles. The highest BCUT2D eigenvalue weighted by atomic mass is 19.1. The molecule has 5 heteroatoms. The third-order valence-electron chi connectivity index (χ3n) is 5.05. The number of aromatic nitrogens is 1. The number of rotatable bonds is 3. The highest BCUT2D eigenvalue weighted by Gasteiger charge is 2.32. The fourth-order valence-electron chi connectivity index (χ4n) is 3.69. The van der Waals surface area contributed by atoms with Crippen molar-refractivity contribution >= 4 is 11.7 Å². The van der Waals surface area contributed by atoms with E-state index >= 15 is 0 Å². The lowest BCUT2D eigenvalue weighted by Crippen LogP contribution is -2.44. The molecule has 4 nitrogen and oxygen atoms in total. The van der Waals surface area contributed by atoms with Gasteiger partial charge in [-0.2, -0.15) is 0 Å². The Balaban J connectivity index is 1.66. The molecule has 0 bridgehead atoms. The minimum atomic E-state index is -0.321. The van der Waals surface area contributed by atoms with Crippen LogP contribution in [0.4, 0.5) is 14.9 Å². The van der Waals surface area contributed by atoms with Gasteiger partial charge >= 0.3 is 6.03 Å². The summed E-state index contributed by atoms with van der Waals surface area (Å²) in [5.41, 5.74) is 3.71. The molecule has 2 aromatic carbocycles. The lowest BCUT2D eigenvalue weighted by atomic mass is 10.00. The van der Waals surface area contributed by atoms with E-state index in [-0.39, 0.29) is 17.9 Å². The Hall–Kier alpha value is -3.08. The van der Waals surface area contributed by atoms with Crippen molar-refractivity contribution in [2.75, 3.05) is 11.9 Å². The van der Waals surface area contributed by atoms with Gasteiger partial charge in [-0.15, -0.1) is 0 Å². The molecule has 1 unspecified atom stereocenters. The topological polar surface area (TPSA) is 37.3 Å². The summed E-state index contributed by atoms with van der Waals surface area (Å²) in [4.78, 5) is 14.9. The number of benzene rings is 2. The molecule has 4 rings (SSSR count). The van der Waals surface area contributed by atoms with Crippen molar-refractivity contribution in [3.8, 4) is 0 Å². The van der Waals surface area contributed by atoms with Crippen LogP contribution < -0.4 is 5.32 Å². The van der Waals surface area contributed by atoms with Gasteiger partial charge in [0.05, 0.1) is 6.04 Å². The fourth-order valence-corrected chi connectivity index (χ4v) is 3.69. The van der Waals surface area contributed by atoms with Crippen molar-refractivity contribution in [1.82, 2.24) is 9.47 Å². The summed E-state index contributed by atoms with van der Waals surface area (Å²) >= 11 is 0. The van der Waals surface area contributed by atoms with Gasteiger partial charge < -0.3 is 14.8 Å². The summed E-state index contributed by atoms with van der Waals surface area (Å²) in [7, 11) is 0. The molecule has 0 radical (unpaired) electrons. The molecule has 0 fully saturated rings. The largest absolute Gasteiger partial charge is 0.348 e. The monoisotopic (exact) mass is 363 g/mol. The maximum absolute atomic E-state index is 13.9. The zero-order chi connectivity index (χ0) is 18.8. The predicted octanol–water partition coefficient (Wildman–Crippen LogP) is 4.83. The van der Waals surface area contributed by atoms with E-state index in [1.54, 1.807) is 11.0 Å². The number of nitrogens with zero attached hydrogens (tertiary/aromatic N) is 2. The molecule has 1 aromatic heterocycles. The maximum atomic E-state index is 13.9. The SMILES string of the molecule is CCc1cccc(NC(=O)N2CCn3cccc3C2c2cccc(F)c2)c1. The standard InChI is InChI=1S/C22H22FN3O/c1-2-16-6-3-9-19(14-16)24-22(27)26-13-12-25-11-5-10-20(25)21(26)17-7-4-8-18(23)15-17/h3-11,14-15,21H,2,12-13H2,1H3,(H,24,27). The number of carbonyl (C=O) groups is 1. The van der Waals surface area contributed by atoms with E-state index in [0.717, 1.165) is 29.9 Å². The van der Waals surface area contributed by atoms with E-state index < -0.39 is 0 Å². The summed E-state index contributed by atoms with van der Waals surface area (Å²) < 4.78 is 16.0. The summed E-state index contributed by atoms with van der Waals surface area (Å²) in [6.45, 7) is 3.36. The molecule has 2 amide bonds. The Bertz CT molecular complexity index is 965. The molecule has 1 aliphatic rings. The Morgan fingerprint density at radius 1 is 1.11 bits per heavy atom. The highest BCUT2D eigenvalue weighted by molar-refractivity contribution is 5.90. The molecular formula is C22H22FN3O. The lowest BCUT2D eigenvalue weighted by Gasteiger charge is -2.37. The number of aryl methyl sites for hydroxylation is 1. The zero-order valence-electron chi connectivity index (χ0n) is 15.2. The van der Waals surface area contributed by atoms with E-state index in [1.165, 1.54) is 17.7 Å². The van der Waals surface area contributed by atoms with Crippen molar-refractivity contribution in [2.45, 2.75) is 25.9 Å². The van der Waals surface area contributed by atoms with Crippen LogP contribution in [-0.4, -0.2) is 22.0 Å². The number of anilines is 1. The molecule has 0 saturated heterocycles. The summed E-state index contributed by atoms with van der Waals surface area (Å²) in [6, 6.07) is 17.8. The molecule has 2 heterocycles. The second-order valence-electron chi connectivity index (χ2n) is 6.76. The van der Waals surface area contributed by atoms with Crippen LogP contribution in [0.25, 0.3) is 0 Å². The number of carbonyl (C=O) groups excluding carboxylic acids is 1. The average molecular weight is 363 g/mol. The van der Waals surface area contributed by atoms with Gasteiger partial charge in [0, 0.05) is 30.7 Å². The first kappa shape index (κ1) is 17.3. The number of nitrogens with one attached hydrogen (secondary N) is 1. The van der Waals surface area contributed by atoms with Crippen molar-refractivity contribution in [1.29, 1.82) is 0 Å². The normalized spacial score (nSPS) is 16.1. The molecular weight excluding hydrogens is 341 g/mol. The van der Waals surface area contributed by atoms with E-state index in [4.69, 9.17) is 0 Å². The highest BCUT2D eigenvalue weighted by Crippen LogP contribution is 2.33. The third kappa shape index (κ3) is 3.45. The Labute approximate surface area is 158 Å². The minimum Gasteiger partial charge on any atom is -0.348 e. The van der Waals surface area contributed by atoms with E-state index in [2.05, 4.69) is 16.8 Å². The van der Waals surface area contributed by atoms with Crippen molar-refractivity contribution in [3.63, 3.8) is 0 Å². The molecule has 1 N–H and O–H groups in total. The van der Waals surface area contributed by atoms with Gasteiger partial charge in [-0.1, -0.05) is 31.2 Å². The smallest absolute Gasteiger partial charge is 0.322 e. The van der Waals surface area contributed by atoms with Crippen LogP contribution in [0.3, 0.4) is 0 Å². The van der Waals surface area contributed by atoms with Crippen LogP contribution in [0.1, 0.15) is 29.8 Å². The first-order valence-electron chi connectivity index (χ1n) is 9.23. The van der Waals surface area contributed by atoms with Gasteiger partial charge in [0.15, 0.2) is 0 Å². The van der Waals surface area contributed by atoms with E-state index in [0.29, 0.717) is 6.54 Å². The molecule has 0 spiro atoms. The maximum Gasteiger partial charge on any atom is 0.322 e. The van der Waals surface area contributed by atoms with Crippen LogP contribution >= 0.6 is 0 Å². The molecule has 27 heavy (non-hydrogen) atoms. The fraction of sp³-hybridized carbons (Fsp3) is 0.227. The predicted molar refractivity (Wildman–Crippen MR) is 104 cm³/mol. The molecule has 0 aliphatic carbocycles. The van der Waals surface area contributed by atoms with Gasteiger partial charge in [0.1, 0.15) is 5.82 Å². The van der Waals surface area contributed by atoms with E-state index in [1.807, 2.05) is 48.7 Å². The average Bonchev–Trinajstić information content (AvgIpc) is 3.16. The zero-order valence-corrected chi connectivity index (χ0v) is 15.2. The number of fused-ring (bicyclic) bond motifs is 1. The number of hydrogen-bond donors (Lipinski definition) is 1. The molecule has 1 atom stereocenters. The number of halogens is 1. The van der Waals surface area contributed by atoms with Crippen LogP contribution in [0, 0.1) is 5.82 Å². The van der Waals surface area contributed by atoms with Gasteiger partial charge in [-0.3, -0.25) is 0 Å². The van der Waals surface area contributed by atoms with Crippen LogP contribution in [0.5, 0.6) is 0 Å². The first-order chi connectivity index (χ1) is 13.2. The van der Waals surface area contributed by atoms with Crippen molar-refractivity contribution in [2.24, 2.45) is 0 Å². The number of hydrogen-bond acceptors (Lipinski definition) is 1. The van der Waals surface area contributed by atoms with Crippen molar-refractivity contribution in [3.05, 3.63) is 89.5 Å². The quantitative estimate of drug-likeness (QED) is 0.711. The van der Waals surface area contributed by atoms with E-state index in [9.17, 15) is 9.18 Å². The molecule has 0 saturated carbocycles. The van der Waals surface area contributed by atoms with Crippen LogP contribution in [0.2, 0.25) is 0 Å². The minimum absolute atomic E-state index is 0.176. The Morgan fingerprint density at radius 3 is 2.78 bits per heavy atom. The van der Waals surface area contributed by atoms with Gasteiger partial charge in [0.2, 0.25) is 0 Å². The summed E-state index contributed by atoms with van der Waals surface area (Å²) in [5, 5.41) is 3.01. The Morgan fingerprint density at radius 2 is 1.96 bits per heavy atom.